The lowest BCUT2D eigenvalue weighted by Gasteiger charge is -2.04. The number of methoxy groups -OCH3 is 1. The van der Waals surface area contributed by atoms with Crippen molar-refractivity contribution in [1.82, 2.24) is 0 Å². The molecule has 76 valence electrons. The predicted molar refractivity (Wildman–Crippen MR) is 54.9 cm³/mol. The quantitative estimate of drug-likeness (QED) is 0.798. The first-order chi connectivity index (χ1) is 6.80. The van der Waals surface area contributed by atoms with E-state index in [0.717, 1.165) is 11.3 Å². The lowest BCUT2D eigenvalue weighted by molar-refractivity contribution is 0.414. The van der Waals surface area contributed by atoms with Crippen LogP contribution in [0.15, 0.2) is 36.2 Å². The summed E-state index contributed by atoms with van der Waals surface area (Å²) in [7, 11) is 1.61. The van der Waals surface area contributed by atoms with E-state index in [1.807, 2.05) is 24.3 Å². The van der Waals surface area contributed by atoms with Crippen LogP contribution in [0.1, 0.15) is 5.56 Å². The maximum Gasteiger partial charge on any atom is 0.118 e. The maximum absolute atomic E-state index is 12.2. The van der Waals surface area contributed by atoms with Gasteiger partial charge in [0, 0.05) is 6.54 Å². The number of ether oxygens (including phenoxy) is 1. The second-order valence-corrected chi connectivity index (χ2v) is 3.00. The molecule has 1 rings (SSSR count). The predicted octanol–water partition coefficient (Wildman–Crippen LogP) is 2.05. The molecule has 0 heterocycles. The van der Waals surface area contributed by atoms with Crippen molar-refractivity contribution in [3.05, 3.63) is 41.7 Å². The molecule has 0 bridgehead atoms. The standard InChI is InChI=1S/C11H14FNO/c1-14-11-4-2-9(3-5-11)6-10(7-12)8-13/h2-5,7H,6,8,13H2,1H3/b10-7-. The topological polar surface area (TPSA) is 35.2 Å². The Hall–Kier alpha value is -1.35. The van der Waals surface area contributed by atoms with E-state index >= 15 is 0 Å². The molecule has 14 heavy (non-hydrogen) atoms. The Balaban J connectivity index is 2.68. The summed E-state index contributed by atoms with van der Waals surface area (Å²) in [6.45, 7) is 0.253. The molecule has 1 aromatic rings. The summed E-state index contributed by atoms with van der Waals surface area (Å²) < 4.78 is 17.2. The fourth-order valence-electron chi connectivity index (χ4n) is 1.16. The van der Waals surface area contributed by atoms with Crippen LogP contribution in [0.3, 0.4) is 0 Å². The third kappa shape index (κ3) is 2.85. The van der Waals surface area contributed by atoms with Crippen molar-refractivity contribution < 1.29 is 9.13 Å². The van der Waals surface area contributed by atoms with Gasteiger partial charge in [-0.3, -0.25) is 0 Å². The molecule has 0 unspecified atom stereocenters. The van der Waals surface area contributed by atoms with Gasteiger partial charge in [0.25, 0.3) is 0 Å². The average molecular weight is 195 g/mol. The molecule has 0 fully saturated rings. The second-order valence-electron chi connectivity index (χ2n) is 3.00. The average Bonchev–Trinajstić information content (AvgIpc) is 2.26. The number of benzene rings is 1. The zero-order chi connectivity index (χ0) is 10.4. The fourth-order valence-corrected chi connectivity index (χ4v) is 1.16. The summed E-state index contributed by atoms with van der Waals surface area (Å²) in [5, 5.41) is 0. The molecule has 0 amide bonds. The Labute approximate surface area is 83.2 Å². The second kappa shape index (κ2) is 5.40. The zero-order valence-electron chi connectivity index (χ0n) is 8.16. The number of nitrogens with two attached hydrogens (primary N) is 1. The molecule has 2 N–H and O–H groups in total. The van der Waals surface area contributed by atoms with Gasteiger partial charge in [-0.2, -0.15) is 0 Å². The lowest BCUT2D eigenvalue weighted by Crippen LogP contribution is -2.05. The van der Waals surface area contributed by atoms with Gasteiger partial charge >= 0.3 is 0 Å². The molecule has 0 aliphatic rings. The van der Waals surface area contributed by atoms with Crippen molar-refractivity contribution in [3.8, 4) is 5.75 Å². The Bertz CT molecular complexity index is 306. The summed E-state index contributed by atoms with van der Waals surface area (Å²) in [4.78, 5) is 0. The number of hydrogen-bond donors (Lipinski definition) is 1. The third-order valence-electron chi connectivity index (χ3n) is 2.01. The molecule has 2 nitrogen and oxygen atoms in total. The van der Waals surface area contributed by atoms with Crippen LogP contribution >= 0.6 is 0 Å². The van der Waals surface area contributed by atoms with Crippen LogP contribution < -0.4 is 10.5 Å². The van der Waals surface area contributed by atoms with E-state index in [1.54, 1.807) is 7.11 Å². The molecule has 0 aromatic heterocycles. The van der Waals surface area contributed by atoms with Gasteiger partial charge in [0.2, 0.25) is 0 Å². The molecular weight excluding hydrogens is 181 g/mol. The summed E-state index contributed by atoms with van der Waals surface area (Å²) >= 11 is 0. The van der Waals surface area contributed by atoms with Crippen molar-refractivity contribution >= 4 is 0 Å². The summed E-state index contributed by atoms with van der Waals surface area (Å²) in [6, 6.07) is 7.50. The van der Waals surface area contributed by atoms with Gasteiger partial charge in [-0.05, 0) is 29.7 Å². The van der Waals surface area contributed by atoms with E-state index in [1.165, 1.54) is 0 Å². The molecule has 1 aromatic carbocycles. The Morgan fingerprint density at radius 2 is 2.07 bits per heavy atom. The highest BCUT2D eigenvalue weighted by Crippen LogP contribution is 2.13. The Morgan fingerprint density at radius 3 is 2.50 bits per heavy atom. The highest BCUT2D eigenvalue weighted by molar-refractivity contribution is 5.29. The summed E-state index contributed by atoms with van der Waals surface area (Å²) in [6.07, 6.45) is 1.13. The van der Waals surface area contributed by atoms with Crippen molar-refractivity contribution in [2.75, 3.05) is 13.7 Å². The Kier molecular flexibility index (Phi) is 4.13. The first-order valence-electron chi connectivity index (χ1n) is 4.41. The molecule has 3 heteroatoms. The number of hydrogen-bond acceptors (Lipinski definition) is 2. The molecule has 0 aliphatic carbocycles. The van der Waals surface area contributed by atoms with E-state index in [-0.39, 0.29) is 6.54 Å². The minimum Gasteiger partial charge on any atom is -0.497 e. The molecule has 0 atom stereocenters. The van der Waals surface area contributed by atoms with Crippen molar-refractivity contribution in [2.45, 2.75) is 6.42 Å². The summed E-state index contributed by atoms with van der Waals surface area (Å²) in [5.41, 5.74) is 6.97. The Morgan fingerprint density at radius 1 is 1.43 bits per heavy atom. The first-order valence-corrected chi connectivity index (χ1v) is 4.41. The van der Waals surface area contributed by atoms with Crippen molar-refractivity contribution in [3.63, 3.8) is 0 Å². The van der Waals surface area contributed by atoms with E-state index in [0.29, 0.717) is 18.3 Å². The number of halogens is 1. The van der Waals surface area contributed by atoms with Crippen molar-refractivity contribution in [2.24, 2.45) is 5.73 Å². The fraction of sp³-hybridized carbons (Fsp3) is 0.273. The van der Waals surface area contributed by atoms with Gasteiger partial charge in [0.1, 0.15) is 5.75 Å². The SMILES string of the molecule is COc1ccc(C/C(=C/F)CN)cc1. The van der Waals surface area contributed by atoms with Crippen LogP contribution in [-0.4, -0.2) is 13.7 Å². The molecule has 0 aliphatic heterocycles. The van der Waals surface area contributed by atoms with Crippen molar-refractivity contribution in [1.29, 1.82) is 0 Å². The van der Waals surface area contributed by atoms with Gasteiger partial charge in [-0.15, -0.1) is 0 Å². The van der Waals surface area contributed by atoms with Gasteiger partial charge in [0.15, 0.2) is 0 Å². The monoisotopic (exact) mass is 195 g/mol. The normalized spacial score (nSPS) is 11.5. The van der Waals surface area contributed by atoms with Crippen LogP contribution in [0.25, 0.3) is 0 Å². The minimum absolute atomic E-state index is 0.253. The molecule has 0 saturated heterocycles. The first kappa shape index (κ1) is 10.7. The molecule has 0 saturated carbocycles. The van der Waals surface area contributed by atoms with E-state index < -0.39 is 0 Å². The van der Waals surface area contributed by atoms with Crippen LogP contribution in [0, 0.1) is 0 Å². The van der Waals surface area contributed by atoms with Gasteiger partial charge in [-0.25, -0.2) is 4.39 Å². The molecule has 0 radical (unpaired) electrons. The van der Waals surface area contributed by atoms with E-state index in [2.05, 4.69) is 0 Å². The largest absolute Gasteiger partial charge is 0.497 e. The van der Waals surface area contributed by atoms with Gasteiger partial charge in [0.05, 0.1) is 13.4 Å². The molecule has 0 spiro atoms. The van der Waals surface area contributed by atoms with Crippen LogP contribution in [0.5, 0.6) is 5.75 Å². The lowest BCUT2D eigenvalue weighted by atomic mass is 10.1. The highest BCUT2D eigenvalue weighted by atomic mass is 19.1. The zero-order valence-corrected chi connectivity index (χ0v) is 8.16. The number of rotatable bonds is 4. The molecular formula is C11H14FNO. The van der Waals surface area contributed by atoms with E-state index in [4.69, 9.17) is 10.5 Å². The van der Waals surface area contributed by atoms with E-state index in [9.17, 15) is 4.39 Å². The highest BCUT2D eigenvalue weighted by Gasteiger charge is 1.98. The van der Waals surface area contributed by atoms with Crippen LogP contribution in [0.4, 0.5) is 4.39 Å². The minimum atomic E-state index is 0.253. The van der Waals surface area contributed by atoms with Crippen LogP contribution in [0.2, 0.25) is 0 Å². The smallest absolute Gasteiger partial charge is 0.118 e. The van der Waals surface area contributed by atoms with Gasteiger partial charge in [-0.1, -0.05) is 12.1 Å². The third-order valence-corrected chi connectivity index (χ3v) is 2.01. The van der Waals surface area contributed by atoms with Crippen LogP contribution in [-0.2, 0) is 6.42 Å². The van der Waals surface area contributed by atoms with Gasteiger partial charge < -0.3 is 10.5 Å². The maximum atomic E-state index is 12.2. The summed E-state index contributed by atoms with van der Waals surface area (Å²) in [5.74, 6) is 0.798.